The molecule has 0 amide bonds. The molecule has 0 spiro atoms. The topological polar surface area (TPSA) is 87.9 Å². The molecule has 0 aliphatic carbocycles. The minimum Gasteiger partial charge on any atom is -0.399 e. The van der Waals surface area contributed by atoms with Crippen LogP contribution in [0.3, 0.4) is 0 Å². The quantitative estimate of drug-likeness (QED) is 0.444. The molecule has 4 nitrogen and oxygen atoms in total. The molecule has 16 heavy (non-hydrogen) atoms. The van der Waals surface area contributed by atoms with Crippen LogP contribution < -0.4 is 16.8 Å². The highest BCUT2D eigenvalue weighted by Gasteiger charge is 2.20. The summed E-state index contributed by atoms with van der Waals surface area (Å²) in [6.07, 6.45) is 2.03. The van der Waals surface area contributed by atoms with Crippen molar-refractivity contribution in [3.8, 4) is 0 Å². The molecule has 1 saturated heterocycles. The van der Waals surface area contributed by atoms with Crippen molar-refractivity contribution in [3.63, 3.8) is 0 Å². The lowest BCUT2D eigenvalue weighted by Crippen LogP contribution is -2.32. The van der Waals surface area contributed by atoms with E-state index in [1.807, 2.05) is 6.07 Å². The summed E-state index contributed by atoms with van der Waals surface area (Å²) in [7, 11) is 0. The van der Waals surface area contributed by atoms with Crippen molar-refractivity contribution in [1.29, 1.82) is 5.41 Å². The number of anilines is 2. The van der Waals surface area contributed by atoms with Crippen molar-refractivity contribution >= 4 is 17.1 Å². The lowest BCUT2D eigenvalue weighted by atomic mass is 9.88. The van der Waals surface area contributed by atoms with Gasteiger partial charge in [-0.1, -0.05) is 0 Å². The summed E-state index contributed by atoms with van der Waals surface area (Å²) in [6, 6.07) is 5.39. The molecule has 1 aromatic rings. The van der Waals surface area contributed by atoms with Gasteiger partial charge in [-0.3, -0.25) is 0 Å². The summed E-state index contributed by atoms with van der Waals surface area (Å²) in [5.41, 5.74) is 14.3. The Bertz CT molecular complexity index is 394. The number of piperidine rings is 1. The van der Waals surface area contributed by atoms with Crippen LogP contribution in [0.15, 0.2) is 18.2 Å². The van der Waals surface area contributed by atoms with E-state index in [0.29, 0.717) is 23.0 Å². The molecule has 0 atom stereocenters. The summed E-state index contributed by atoms with van der Waals surface area (Å²) in [6.45, 7) is 1.98. The Morgan fingerprint density at radius 3 is 2.56 bits per heavy atom. The second-order valence-corrected chi connectivity index (χ2v) is 4.28. The lowest BCUT2D eigenvalue weighted by molar-refractivity contribution is 0.456. The molecule has 1 heterocycles. The van der Waals surface area contributed by atoms with Gasteiger partial charge in [-0.25, -0.2) is 0 Å². The maximum absolute atomic E-state index is 8.19. The van der Waals surface area contributed by atoms with Crippen LogP contribution in [0.5, 0.6) is 0 Å². The van der Waals surface area contributed by atoms with Gasteiger partial charge < -0.3 is 22.2 Å². The molecule has 0 saturated carbocycles. The van der Waals surface area contributed by atoms with Gasteiger partial charge in [-0.15, -0.1) is 0 Å². The van der Waals surface area contributed by atoms with Gasteiger partial charge in [-0.2, -0.15) is 0 Å². The van der Waals surface area contributed by atoms with Crippen molar-refractivity contribution in [3.05, 3.63) is 23.8 Å². The Balaban J connectivity index is 2.19. The number of hydrogen-bond donors (Lipinski definition) is 4. The molecule has 86 valence electrons. The molecule has 1 aromatic carbocycles. The van der Waals surface area contributed by atoms with Gasteiger partial charge in [-0.05, 0) is 44.1 Å². The Kier molecular flexibility index (Phi) is 3.10. The van der Waals surface area contributed by atoms with E-state index in [1.165, 1.54) is 0 Å². The number of benzene rings is 1. The Labute approximate surface area is 95.5 Å². The monoisotopic (exact) mass is 218 g/mol. The first-order chi connectivity index (χ1) is 7.68. The van der Waals surface area contributed by atoms with Crippen LogP contribution in [-0.2, 0) is 0 Å². The summed E-state index contributed by atoms with van der Waals surface area (Å²) < 4.78 is 0. The molecule has 1 fully saturated rings. The third-order valence-electron chi connectivity index (χ3n) is 3.11. The maximum atomic E-state index is 8.19. The van der Waals surface area contributed by atoms with E-state index in [1.54, 1.807) is 12.1 Å². The smallest absolute Gasteiger partial charge is 0.0438 e. The first kappa shape index (κ1) is 11.0. The zero-order chi connectivity index (χ0) is 11.5. The highest BCUT2D eigenvalue weighted by Crippen LogP contribution is 2.23. The fourth-order valence-corrected chi connectivity index (χ4v) is 2.16. The minimum absolute atomic E-state index is 0.326. The van der Waals surface area contributed by atoms with Crippen LogP contribution in [0.2, 0.25) is 0 Å². The van der Waals surface area contributed by atoms with Crippen LogP contribution in [0.1, 0.15) is 18.4 Å². The van der Waals surface area contributed by atoms with Crippen LogP contribution in [-0.4, -0.2) is 18.8 Å². The average Bonchev–Trinajstić information content (AvgIpc) is 2.29. The molecule has 1 aliphatic rings. The summed E-state index contributed by atoms with van der Waals surface area (Å²) in [5.74, 6) is 0.326. The zero-order valence-corrected chi connectivity index (χ0v) is 9.29. The predicted octanol–water partition coefficient (Wildman–Crippen LogP) is 1.22. The molecule has 1 aliphatic heterocycles. The van der Waals surface area contributed by atoms with Gasteiger partial charge in [0.25, 0.3) is 0 Å². The molecular formula is C12H18N4. The molecule has 4 heteroatoms. The van der Waals surface area contributed by atoms with Crippen molar-refractivity contribution in [2.45, 2.75) is 12.8 Å². The molecule has 0 bridgehead atoms. The van der Waals surface area contributed by atoms with E-state index in [2.05, 4.69) is 5.32 Å². The molecule has 6 N–H and O–H groups in total. The first-order valence-corrected chi connectivity index (χ1v) is 5.63. The Morgan fingerprint density at radius 2 is 1.94 bits per heavy atom. The highest BCUT2D eigenvalue weighted by atomic mass is 14.9. The zero-order valence-electron chi connectivity index (χ0n) is 9.29. The fraction of sp³-hybridized carbons (Fsp3) is 0.417. The van der Waals surface area contributed by atoms with Crippen molar-refractivity contribution in [2.24, 2.45) is 5.92 Å². The second kappa shape index (κ2) is 4.53. The first-order valence-electron chi connectivity index (χ1n) is 5.63. The van der Waals surface area contributed by atoms with E-state index in [4.69, 9.17) is 16.9 Å². The van der Waals surface area contributed by atoms with E-state index in [9.17, 15) is 0 Å². The normalized spacial score (nSPS) is 17.2. The maximum Gasteiger partial charge on any atom is 0.0438 e. The predicted molar refractivity (Wildman–Crippen MR) is 67.7 cm³/mol. The Hall–Kier alpha value is -1.55. The number of nitrogen functional groups attached to an aromatic ring is 2. The molecule has 0 aromatic heterocycles. The van der Waals surface area contributed by atoms with E-state index in [-0.39, 0.29) is 0 Å². The van der Waals surface area contributed by atoms with Crippen molar-refractivity contribution in [2.75, 3.05) is 24.6 Å². The molecular weight excluding hydrogens is 200 g/mol. The van der Waals surface area contributed by atoms with Crippen LogP contribution >= 0.6 is 0 Å². The standard InChI is InChI=1S/C12H18N4/c13-9-1-2-10(11(14)7-9)12(15)8-3-5-16-6-4-8/h1-2,7-8,15-16H,3-6,13-14H2. The van der Waals surface area contributed by atoms with Crippen molar-refractivity contribution < 1.29 is 0 Å². The van der Waals surface area contributed by atoms with Gasteiger partial charge in [0.15, 0.2) is 0 Å². The Morgan fingerprint density at radius 1 is 1.25 bits per heavy atom. The van der Waals surface area contributed by atoms with Gasteiger partial charge >= 0.3 is 0 Å². The highest BCUT2D eigenvalue weighted by molar-refractivity contribution is 6.04. The minimum atomic E-state index is 0.326. The summed E-state index contributed by atoms with van der Waals surface area (Å²) >= 11 is 0. The van der Waals surface area contributed by atoms with Crippen molar-refractivity contribution in [1.82, 2.24) is 5.32 Å². The number of rotatable bonds is 2. The number of nitrogens with one attached hydrogen (secondary N) is 2. The van der Waals surface area contributed by atoms with E-state index < -0.39 is 0 Å². The van der Waals surface area contributed by atoms with Crippen LogP contribution in [0, 0.1) is 11.3 Å². The SMILES string of the molecule is N=C(c1ccc(N)cc1N)C1CCNCC1. The van der Waals surface area contributed by atoms with Gasteiger partial charge in [0.1, 0.15) is 0 Å². The van der Waals surface area contributed by atoms with Crippen LogP contribution in [0.25, 0.3) is 0 Å². The van der Waals surface area contributed by atoms with E-state index >= 15 is 0 Å². The molecule has 0 unspecified atom stereocenters. The van der Waals surface area contributed by atoms with Crippen LogP contribution in [0.4, 0.5) is 11.4 Å². The number of hydrogen-bond acceptors (Lipinski definition) is 4. The largest absolute Gasteiger partial charge is 0.399 e. The molecule has 2 rings (SSSR count). The van der Waals surface area contributed by atoms with Gasteiger partial charge in [0, 0.05) is 28.6 Å². The summed E-state index contributed by atoms with van der Waals surface area (Å²) in [4.78, 5) is 0. The lowest BCUT2D eigenvalue weighted by Gasteiger charge is -2.24. The molecule has 0 radical (unpaired) electrons. The number of nitrogens with two attached hydrogens (primary N) is 2. The van der Waals surface area contributed by atoms with E-state index in [0.717, 1.165) is 31.5 Å². The third-order valence-corrected chi connectivity index (χ3v) is 3.11. The average molecular weight is 218 g/mol. The van der Waals surface area contributed by atoms with Gasteiger partial charge in [0.05, 0.1) is 0 Å². The fourth-order valence-electron chi connectivity index (χ4n) is 2.16. The summed E-state index contributed by atoms with van der Waals surface area (Å²) in [5, 5.41) is 11.5. The van der Waals surface area contributed by atoms with Gasteiger partial charge in [0.2, 0.25) is 0 Å². The third kappa shape index (κ3) is 2.17. The second-order valence-electron chi connectivity index (χ2n) is 4.28.